The van der Waals surface area contributed by atoms with Crippen molar-refractivity contribution in [1.29, 1.82) is 0 Å². The predicted octanol–water partition coefficient (Wildman–Crippen LogP) is 1.86. The van der Waals surface area contributed by atoms with E-state index in [1.165, 1.54) is 5.56 Å². The molecule has 0 bridgehead atoms. The molecule has 1 amide bonds. The number of nitrogens with zero attached hydrogens (tertiary/aromatic N) is 3. The van der Waals surface area contributed by atoms with Gasteiger partial charge in [0.2, 0.25) is 5.91 Å². The maximum Gasteiger partial charge on any atom is 0.303 e. The van der Waals surface area contributed by atoms with Crippen LogP contribution in [0.15, 0.2) is 30.5 Å². The summed E-state index contributed by atoms with van der Waals surface area (Å²) in [6, 6.07) is 8.16. The molecule has 0 unspecified atom stereocenters. The number of aromatic amines is 1. The van der Waals surface area contributed by atoms with Crippen molar-refractivity contribution in [2.24, 2.45) is 5.92 Å². The van der Waals surface area contributed by atoms with Crippen molar-refractivity contribution in [3.63, 3.8) is 0 Å². The number of benzene rings is 1. The number of amides is 1. The van der Waals surface area contributed by atoms with E-state index in [1.807, 2.05) is 36.1 Å². The molecule has 2 heterocycles. The molecule has 0 spiro atoms. The molecule has 2 aliphatic rings. The minimum absolute atomic E-state index is 0.0266. The van der Waals surface area contributed by atoms with Crippen molar-refractivity contribution in [2.45, 2.75) is 37.5 Å². The van der Waals surface area contributed by atoms with Crippen LogP contribution in [0.1, 0.15) is 42.0 Å². The minimum Gasteiger partial charge on any atom is -0.481 e. The quantitative estimate of drug-likeness (QED) is 0.854. The molecule has 1 saturated carbocycles. The van der Waals surface area contributed by atoms with Gasteiger partial charge in [0.25, 0.3) is 0 Å². The third kappa shape index (κ3) is 2.87. The normalized spacial score (nSPS) is 23.8. The largest absolute Gasteiger partial charge is 0.481 e. The molecule has 0 radical (unpaired) electrons. The Bertz CT molecular complexity index is 812. The lowest BCUT2D eigenvalue weighted by Gasteiger charge is -2.24. The lowest BCUT2D eigenvalue weighted by Crippen LogP contribution is -2.38. The van der Waals surface area contributed by atoms with Gasteiger partial charge in [0.15, 0.2) is 0 Å². The molecule has 2 atom stereocenters. The van der Waals surface area contributed by atoms with Crippen LogP contribution in [0.5, 0.6) is 0 Å². The Morgan fingerprint density at radius 2 is 2.00 bits per heavy atom. The van der Waals surface area contributed by atoms with Gasteiger partial charge in [-0.2, -0.15) is 15.4 Å². The van der Waals surface area contributed by atoms with Crippen molar-refractivity contribution in [1.82, 2.24) is 20.3 Å². The average Bonchev–Trinajstić information content (AvgIpc) is 3.04. The highest BCUT2D eigenvalue weighted by molar-refractivity contribution is 5.91. The number of carbonyl (C=O) groups is 2. The molecule has 26 heavy (non-hydrogen) atoms. The van der Waals surface area contributed by atoms with Crippen molar-refractivity contribution in [3.8, 4) is 0 Å². The standard InChI is InChI=1S/C19H22N4O3/c1-12-2-4-14(5-3-12)19(6-7-19)18(26)23-10-13(8-17(24)25)15(11-23)16-9-20-22-21-16/h2-5,9,13,15H,6-8,10-11H2,1H3,(H,24,25)(H,20,21,22)/t13-,15+/m1/s1. The van der Waals surface area contributed by atoms with Gasteiger partial charge in [-0.25, -0.2) is 0 Å². The molecule has 1 aromatic carbocycles. The number of nitrogens with one attached hydrogen (secondary N) is 1. The number of carboxylic acids is 1. The maximum atomic E-state index is 13.3. The van der Waals surface area contributed by atoms with E-state index in [1.54, 1.807) is 6.20 Å². The molecule has 1 aliphatic heterocycles. The first-order valence-corrected chi connectivity index (χ1v) is 8.93. The summed E-state index contributed by atoms with van der Waals surface area (Å²) < 4.78 is 0. The van der Waals surface area contributed by atoms with E-state index in [2.05, 4.69) is 15.4 Å². The summed E-state index contributed by atoms with van der Waals surface area (Å²) >= 11 is 0. The summed E-state index contributed by atoms with van der Waals surface area (Å²) in [5.74, 6) is -0.974. The van der Waals surface area contributed by atoms with Gasteiger partial charge in [0, 0.05) is 19.0 Å². The van der Waals surface area contributed by atoms with Gasteiger partial charge in [0.05, 0.1) is 23.7 Å². The van der Waals surface area contributed by atoms with Crippen molar-refractivity contribution in [2.75, 3.05) is 13.1 Å². The van der Waals surface area contributed by atoms with Crippen LogP contribution < -0.4 is 0 Å². The van der Waals surface area contributed by atoms with Crippen LogP contribution >= 0.6 is 0 Å². The van der Waals surface area contributed by atoms with Gasteiger partial charge < -0.3 is 10.0 Å². The number of aryl methyl sites for hydroxylation is 1. The van der Waals surface area contributed by atoms with E-state index < -0.39 is 11.4 Å². The monoisotopic (exact) mass is 354 g/mol. The highest BCUT2D eigenvalue weighted by Crippen LogP contribution is 2.51. The molecule has 1 aromatic heterocycles. The van der Waals surface area contributed by atoms with Crippen LogP contribution in [0.4, 0.5) is 0 Å². The van der Waals surface area contributed by atoms with Gasteiger partial charge in [-0.1, -0.05) is 29.8 Å². The Hall–Kier alpha value is -2.70. The number of carboxylic acid groups (broad SMARTS) is 1. The molecule has 1 aliphatic carbocycles. The van der Waals surface area contributed by atoms with Crippen LogP contribution in [0, 0.1) is 12.8 Å². The average molecular weight is 354 g/mol. The fourth-order valence-corrected chi connectivity index (χ4v) is 4.12. The molecule has 2 aromatic rings. The minimum atomic E-state index is -0.850. The van der Waals surface area contributed by atoms with Crippen LogP contribution in [-0.4, -0.2) is 50.4 Å². The Labute approximate surface area is 151 Å². The Balaban J connectivity index is 1.57. The lowest BCUT2D eigenvalue weighted by molar-refractivity contribution is -0.138. The summed E-state index contributed by atoms with van der Waals surface area (Å²) in [5, 5.41) is 19.8. The van der Waals surface area contributed by atoms with E-state index in [-0.39, 0.29) is 24.2 Å². The van der Waals surface area contributed by atoms with E-state index in [9.17, 15) is 14.7 Å². The van der Waals surface area contributed by atoms with E-state index in [4.69, 9.17) is 0 Å². The van der Waals surface area contributed by atoms with Crippen molar-refractivity contribution < 1.29 is 14.7 Å². The summed E-state index contributed by atoms with van der Waals surface area (Å²) in [4.78, 5) is 26.4. The van der Waals surface area contributed by atoms with Crippen molar-refractivity contribution >= 4 is 11.9 Å². The second kappa shape index (κ2) is 6.23. The highest BCUT2D eigenvalue weighted by Gasteiger charge is 2.54. The second-order valence-electron chi connectivity index (χ2n) is 7.52. The zero-order chi connectivity index (χ0) is 18.3. The fourth-order valence-electron chi connectivity index (χ4n) is 4.12. The van der Waals surface area contributed by atoms with Crippen LogP contribution in [-0.2, 0) is 15.0 Å². The zero-order valence-electron chi connectivity index (χ0n) is 14.7. The Morgan fingerprint density at radius 1 is 1.27 bits per heavy atom. The van der Waals surface area contributed by atoms with Gasteiger partial charge >= 0.3 is 5.97 Å². The van der Waals surface area contributed by atoms with Crippen LogP contribution in [0.2, 0.25) is 0 Å². The molecular formula is C19H22N4O3. The highest BCUT2D eigenvalue weighted by atomic mass is 16.4. The first kappa shape index (κ1) is 16.8. The summed E-state index contributed by atoms with van der Waals surface area (Å²) in [6.45, 7) is 2.98. The maximum absolute atomic E-state index is 13.3. The Kier molecular flexibility index (Phi) is 4.01. The fraction of sp³-hybridized carbons (Fsp3) is 0.474. The third-order valence-corrected chi connectivity index (χ3v) is 5.74. The number of aliphatic carboxylic acids is 1. The number of rotatable bonds is 5. The first-order valence-electron chi connectivity index (χ1n) is 8.93. The topological polar surface area (TPSA) is 99.2 Å². The molecule has 2 N–H and O–H groups in total. The summed E-state index contributed by atoms with van der Waals surface area (Å²) in [6.07, 6.45) is 3.35. The Morgan fingerprint density at radius 3 is 2.58 bits per heavy atom. The third-order valence-electron chi connectivity index (χ3n) is 5.74. The second-order valence-corrected chi connectivity index (χ2v) is 7.52. The van der Waals surface area contributed by atoms with Crippen LogP contribution in [0.3, 0.4) is 0 Å². The molecule has 4 rings (SSSR count). The predicted molar refractivity (Wildman–Crippen MR) is 93.5 cm³/mol. The number of H-pyrrole nitrogens is 1. The smallest absolute Gasteiger partial charge is 0.303 e. The number of carbonyl (C=O) groups excluding carboxylic acids is 1. The summed E-state index contributed by atoms with van der Waals surface area (Å²) in [5.41, 5.74) is 2.53. The number of hydrogen-bond acceptors (Lipinski definition) is 4. The van der Waals surface area contributed by atoms with E-state index >= 15 is 0 Å². The van der Waals surface area contributed by atoms with Gasteiger partial charge in [-0.05, 0) is 31.2 Å². The SMILES string of the molecule is Cc1ccc(C2(C(=O)N3C[C@@H](CC(=O)O)[C@@H](c4cn[nH]n4)C3)CC2)cc1. The molecule has 1 saturated heterocycles. The van der Waals surface area contributed by atoms with Crippen molar-refractivity contribution in [3.05, 3.63) is 47.3 Å². The molecular weight excluding hydrogens is 332 g/mol. The molecule has 7 heteroatoms. The molecule has 7 nitrogen and oxygen atoms in total. The van der Waals surface area contributed by atoms with Gasteiger partial charge in [-0.3, -0.25) is 9.59 Å². The van der Waals surface area contributed by atoms with Crippen LogP contribution in [0.25, 0.3) is 0 Å². The number of hydrogen-bond donors (Lipinski definition) is 2. The van der Waals surface area contributed by atoms with Gasteiger partial charge in [-0.15, -0.1) is 0 Å². The lowest BCUT2D eigenvalue weighted by atomic mass is 9.91. The summed E-state index contributed by atoms with van der Waals surface area (Å²) in [7, 11) is 0. The van der Waals surface area contributed by atoms with Gasteiger partial charge in [0.1, 0.15) is 0 Å². The number of aromatic nitrogens is 3. The van der Waals surface area contributed by atoms with E-state index in [0.717, 1.165) is 24.1 Å². The first-order chi connectivity index (χ1) is 12.5. The number of likely N-dealkylation sites (tertiary alicyclic amines) is 1. The van der Waals surface area contributed by atoms with E-state index in [0.29, 0.717) is 13.1 Å². The molecule has 136 valence electrons. The molecule has 2 fully saturated rings. The zero-order valence-corrected chi connectivity index (χ0v) is 14.7.